The third kappa shape index (κ3) is 5.78. The maximum atomic E-state index is 11.6. The van der Waals surface area contributed by atoms with Crippen LogP contribution in [0.1, 0.15) is 23.7 Å². The van der Waals surface area contributed by atoms with Crippen molar-refractivity contribution in [2.45, 2.75) is 31.4 Å². The Morgan fingerprint density at radius 3 is 2.42 bits per heavy atom. The number of rotatable bonds is 7. The number of pyridine rings is 1. The zero-order chi connectivity index (χ0) is 17.6. The van der Waals surface area contributed by atoms with E-state index in [2.05, 4.69) is 23.3 Å². The number of benzene rings is 1. The van der Waals surface area contributed by atoms with Crippen molar-refractivity contribution in [3.05, 3.63) is 59.4 Å². The number of imide groups is 1. The van der Waals surface area contributed by atoms with Crippen LogP contribution < -0.4 is 10.1 Å². The Morgan fingerprint density at radius 2 is 1.85 bits per heavy atom. The van der Waals surface area contributed by atoms with E-state index in [4.69, 9.17) is 4.74 Å². The summed E-state index contributed by atoms with van der Waals surface area (Å²) < 4.78 is 5.75. The Kier molecular flexibility index (Phi) is 8.04. The van der Waals surface area contributed by atoms with Crippen molar-refractivity contribution in [1.82, 2.24) is 10.3 Å². The van der Waals surface area contributed by atoms with Crippen molar-refractivity contribution in [2.75, 3.05) is 6.61 Å². The van der Waals surface area contributed by atoms with Crippen molar-refractivity contribution < 1.29 is 14.3 Å². The smallest absolute Gasteiger partial charge is 0.286 e. The molecule has 1 aliphatic rings. The monoisotopic (exact) mass is 565 g/mol. The Balaban J connectivity index is 0.00000243. The van der Waals surface area contributed by atoms with Gasteiger partial charge in [0.05, 0.1) is 11.9 Å². The van der Waals surface area contributed by atoms with Gasteiger partial charge in [-0.3, -0.25) is 19.9 Å². The van der Waals surface area contributed by atoms with E-state index in [9.17, 15) is 9.59 Å². The summed E-state index contributed by atoms with van der Waals surface area (Å²) in [5.41, 5.74) is 3.25. The Bertz CT molecular complexity index is 750. The standard InChI is InChI=1S/C19H20N2O3S.Bi/c1-2-13-3-6-15(20-12-13)9-10-24-16-7-4-14(5-8-16)11-17-18(22)21-19(23)25-17;/h3-8,12,17H,2,9-11H2,1H3,(H,21,22,23);. The number of nitrogens with one attached hydrogen (secondary N) is 1. The molecule has 2 heterocycles. The minimum atomic E-state index is -0.337. The Labute approximate surface area is 176 Å². The van der Waals surface area contributed by atoms with Gasteiger partial charge in [0.2, 0.25) is 5.91 Å². The first-order valence-electron chi connectivity index (χ1n) is 8.31. The van der Waals surface area contributed by atoms with Crippen LogP contribution in [0.25, 0.3) is 0 Å². The minimum absolute atomic E-state index is 0. The third-order valence-corrected chi connectivity index (χ3v) is 5.01. The van der Waals surface area contributed by atoms with Gasteiger partial charge < -0.3 is 4.74 Å². The summed E-state index contributed by atoms with van der Waals surface area (Å²) in [7, 11) is 0. The van der Waals surface area contributed by atoms with Gasteiger partial charge >= 0.3 is 0 Å². The van der Waals surface area contributed by atoms with Crippen LogP contribution >= 0.6 is 11.8 Å². The van der Waals surface area contributed by atoms with Gasteiger partial charge in [-0.1, -0.05) is 36.9 Å². The average Bonchev–Trinajstić information content (AvgIpc) is 2.94. The number of carbonyl (C=O) groups is 2. The quantitative estimate of drug-likeness (QED) is 0.524. The van der Waals surface area contributed by atoms with Crippen molar-refractivity contribution in [1.29, 1.82) is 0 Å². The zero-order valence-electron chi connectivity index (χ0n) is 14.5. The molecular formula is C19H20BiN2O3S. The summed E-state index contributed by atoms with van der Waals surface area (Å²) in [6.45, 7) is 2.67. The first kappa shape index (κ1) is 20.9. The molecule has 26 heavy (non-hydrogen) atoms. The van der Waals surface area contributed by atoms with E-state index < -0.39 is 0 Å². The minimum Gasteiger partial charge on any atom is -0.493 e. The number of hydrogen-bond acceptors (Lipinski definition) is 5. The van der Waals surface area contributed by atoms with Gasteiger partial charge in [0.25, 0.3) is 5.24 Å². The van der Waals surface area contributed by atoms with Crippen LogP contribution in [0.4, 0.5) is 4.79 Å². The number of ether oxygens (including phenoxy) is 1. The molecule has 0 bridgehead atoms. The normalized spacial score (nSPS) is 16.1. The summed E-state index contributed by atoms with van der Waals surface area (Å²) >= 11 is 1.05. The molecule has 5 nitrogen and oxygen atoms in total. The van der Waals surface area contributed by atoms with Crippen molar-refractivity contribution in [2.24, 2.45) is 0 Å². The molecular weight excluding hydrogens is 545 g/mol. The van der Waals surface area contributed by atoms with Crippen LogP contribution in [0.5, 0.6) is 5.75 Å². The molecule has 3 radical (unpaired) electrons. The van der Waals surface area contributed by atoms with Gasteiger partial charge in [-0.15, -0.1) is 0 Å². The van der Waals surface area contributed by atoms with E-state index in [1.54, 1.807) is 0 Å². The predicted octanol–water partition coefficient (Wildman–Crippen LogP) is 2.78. The van der Waals surface area contributed by atoms with E-state index in [1.807, 2.05) is 36.5 Å². The molecule has 1 N–H and O–H groups in total. The number of amides is 2. The van der Waals surface area contributed by atoms with Gasteiger partial charge in [0.15, 0.2) is 0 Å². The van der Waals surface area contributed by atoms with E-state index in [0.717, 1.165) is 41.6 Å². The molecule has 1 saturated heterocycles. The molecule has 3 rings (SSSR count). The van der Waals surface area contributed by atoms with Crippen LogP contribution in [-0.2, 0) is 24.1 Å². The van der Waals surface area contributed by atoms with E-state index >= 15 is 0 Å². The van der Waals surface area contributed by atoms with Gasteiger partial charge in [-0.2, -0.15) is 0 Å². The molecule has 2 aromatic rings. The molecule has 2 amide bonds. The second-order valence-electron chi connectivity index (χ2n) is 5.84. The molecule has 135 valence electrons. The van der Waals surface area contributed by atoms with E-state index in [0.29, 0.717) is 13.0 Å². The molecule has 1 atom stereocenters. The van der Waals surface area contributed by atoms with Crippen LogP contribution in [0.3, 0.4) is 0 Å². The molecule has 0 aliphatic carbocycles. The predicted molar refractivity (Wildman–Crippen MR) is 104 cm³/mol. The molecule has 1 aromatic heterocycles. The third-order valence-electron chi connectivity index (χ3n) is 4.03. The molecule has 1 fully saturated rings. The van der Waals surface area contributed by atoms with E-state index in [1.165, 1.54) is 5.56 Å². The van der Waals surface area contributed by atoms with Crippen molar-refractivity contribution in [3.63, 3.8) is 0 Å². The maximum Gasteiger partial charge on any atom is 0.286 e. The van der Waals surface area contributed by atoms with Gasteiger partial charge in [-0.05, 0) is 42.2 Å². The molecule has 1 aliphatic heterocycles. The fourth-order valence-electron chi connectivity index (χ4n) is 2.55. The molecule has 0 saturated carbocycles. The molecule has 1 aromatic carbocycles. The average molecular weight is 565 g/mol. The number of hydrogen-bond donors (Lipinski definition) is 1. The number of aromatic nitrogens is 1. The van der Waals surface area contributed by atoms with E-state index in [-0.39, 0.29) is 42.6 Å². The first-order valence-corrected chi connectivity index (χ1v) is 9.19. The van der Waals surface area contributed by atoms with Gasteiger partial charge in [0.1, 0.15) is 5.75 Å². The largest absolute Gasteiger partial charge is 0.493 e. The summed E-state index contributed by atoms with van der Waals surface area (Å²) in [6.07, 6.45) is 4.19. The SMILES string of the molecule is CCc1ccc(CCOc2ccc(CC3SC(=O)NC3=O)cc2)nc1.[Bi]. The summed E-state index contributed by atoms with van der Waals surface area (Å²) in [4.78, 5) is 27.2. The Hall–Kier alpha value is -1.46. The molecule has 7 heteroatoms. The number of nitrogens with zero attached hydrogens (tertiary/aromatic N) is 1. The summed E-state index contributed by atoms with van der Waals surface area (Å²) in [5, 5.41) is 1.70. The van der Waals surface area contributed by atoms with Gasteiger partial charge in [0, 0.05) is 44.5 Å². The van der Waals surface area contributed by atoms with Gasteiger partial charge in [-0.25, -0.2) is 0 Å². The van der Waals surface area contributed by atoms with Crippen molar-refractivity contribution in [3.8, 4) is 5.75 Å². The fourth-order valence-corrected chi connectivity index (χ4v) is 3.41. The summed E-state index contributed by atoms with van der Waals surface area (Å²) in [6, 6.07) is 11.8. The number of carbonyl (C=O) groups excluding carboxylic acids is 2. The zero-order valence-corrected chi connectivity index (χ0v) is 18.8. The molecule has 0 spiro atoms. The second-order valence-corrected chi connectivity index (χ2v) is 7.02. The fraction of sp³-hybridized carbons (Fsp3) is 0.316. The van der Waals surface area contributed by atoms with Crippen LogP contribution in [0, 0.1) is 0 Å². The summed E-state index contributed by atoms with van der Waals surface area (Å²) in [5.74, 6) is 0.574. The number of aryl methyl sites for hydroxylation is 1. The molecule has 1 unspecified atom stereocenters. The van der Waals surface area contributed by atoms with Crippen LogP contribution in [0.15, 0.2) is 42.6 Å². The van der Waals surface area contributed by atoms with Crippen LogP contribution in [0.2, 0.25) is 0 Å². The Morgan fingerprint density at radius 1 is 1.12 bits per heavy atom. The number of thioether (sulfide) groups is 1. The first-order chi connectivity index (χ1) is 12.1. The maximum absolute atomic E-state index is 11.6. The topological polar surface area (TPSA) is 68.3 Å². The van der Waals surface area contributed by atoms with Crippen LogP contribution in [-0.4, -0.2) is 54.2 Å². The van der Waals surface area contributed by atoms with Crippen molar-refractivity contribution >= 4 is 49.1 Å². The second kappa shape index (κ2) is 10.0.